The van der Waals surface area contributed by atoms with E-state index < -0.39 is 0 Å². The van der Waals surface area contributed by atoms with Gasteiger partial charge in [-0.3, -0.25) is 9.59 Å². The Hall–Kier alpha value is -1.59. The van der Waals surface area contributed by atoms with Crippen molar-refractivity contribution in [1.82, 2.24) is 10.2 Å². The number of benzene rings is 1. The molecule has 140 valence electrons. The highest BCUT2D eigenvalue weighted by Crippen LogP contribution is 2.19. The van der Waals surface area contributed by atoms with Crippen LogP contribution in [0.4, 0.5) is 0 Å². The molecule has 0 aliphatic carbocycles. The van der Waals surface area contributed by atoms with Crippen molar-refractivity contribution in [3.63, 3.8) is 0 Å². The van der Waals surface area contributed by atoms with Crippen LogP contribution in [-0.4, -0.2) is 36.3 Å². The molecule has 1 saturated heterocycles. The van der Waals surface area contributed by atoms with Gasteiger partial charge in [-0.25, -0.2) is 0 Å². The van der Waals surface area contributed by atoms with Crippen molar-refractivity contribution in [2.45, 2.75) is 45.6 Å². The van der Waals surface area contributed by atoms with E-state index in [4.69, 9.17) is 5.73 Å². The molecule has 0 bridgehead atoms. The Bertz CT molecular complexity index is 540. The molecule has 0 aromatic heterocycles. The van der Waals surface area contributed by atoms with E-state index in [1.54, 1.807) is 0 Å². The molecule has 5 nitrogen and oxygen atoms in total. The van der Waals surface area contributed by atoms with Gasteiger partial charge in [-0.2, -0.15) is 0 Å². The van der Waals surface area contributed by atoms with E-state index in [0.717, 1.165) is 44.2 Å². The second-order valence-electron chi connectivity index (χ2n) is 6.47. The average Bonchev–Trinajstić information content (AvgIpc) is 2.64. The molecule has 3 N–H and O–H groups in total. The van der Waals surface area contributed by atoms with Gasteiger partial charge in [0.1, 0.15) is 0 Å². The molecule has 0 radical (unpaired) electrons. The highest BCUT2D eigenvalue weighted by atomic mass is 35.5. The number of nitrogens with two attached hydrogens (primary N) is 1. The fourth-order valence-corrected chi connectivity index (χ4v) is 3.04. The molecule has 1 fully saturated rings. The van der Waals surface area contributed by atoms with Crippen molar-refractivity contribution in [2.24, 2.45) is 11.7 Å². The summed E-state index contributed by atoms with van der Waals surface area (Å²) < 4.78 is 0. The van der Waals surface area contributed by atoms with Gasteiger partial charge in [0.25, 0.3) is 5.91 Å². The minimum absolute atomic E-state index is 0. The van der Waals surface area contributed by atoms with Crippen molar-refractivity contribution >= 4 is 24.2 Å². The molecule has 6 heteroatoms. The van der Waals surface area contributed by atoms with Gasteiger partial charge < -0.3 is 16.0 Å². The molecule has 2 amide bonds. The lowest BCUT2D eigenvalue weighted by molar-refractivity contribution is -0.126. The summed E-state index contributed by atoms with van der Waals surface area (Å²) >= 11 is 0. The Morgan fingerprint density at radius 3 is 2.36 bits per heavy atom. The van der Waals surface area contributed by atoms with E-state index in [0.29, 0.717) is 25.2 Å². The summed E-state index contributed by atoms with van der Waals surface area (Å²) in [5, 5.41) is 3.02. The maximum Gasteiger partial charge on any atom is 0.253 e. The normalized spacial score (nSPS) is 14.7. The zero-order valence-electron chi connectivity index (χ0n) is 15.0. The van der Waals surface area contributed by atoms with Crippen LogP contribution < -0.4 is 11.1 Å². The third-order valence-electron chi connectivity index (χ3n) is 4.67. The lowest BCUT2D eigenvalue weighted by Crippen LogP contribution is -2.43. The van der Waals surface area contributed by atoms with Crippen LogP contribution in [0.2, 0.25) is 0 Å². The van der Waals surface area contributed by atoms with Crippen LogP contribution in [-0.2, 0) is 11.3 Å². The Balaban J connectivity index is 0.00000312. The van der Waals surface area contributed by atoms with E-state index in [-0.39, 0.29) is 30.1 Å². The zero-order chi connectivity index (χ0) is 17.4. The summed E-state index contributed by atoms with van der Waals surface area (Å²) in [4.78, 5) is 26.5. The first-order valence-corrected chi connectivity index (χ1v) is 9.01. The number of hydrogen-bond acceptors (Lipinski definition) is 3. The second-order valence-corrected chi connectivity index (χ2v) is 6.47. The molecule has 1 aliphatic rings. The first kappa shape index (κ1) is 21.5. The summed E-state index contributed by atoms with van der Waals surface area (Å²) in [6, 6.07) is 7.45. The number of unbranched alkanes of at least 4 members (excludes halogenated alkanes) is 2. The number of likely N-dealkylation sites (tertiary alicyclic amines) is 1. The fourth-order valence-electron chi connectivity index (χ4n) is 3.04. The van der Waals surface area contributed by atoms with Gasteiger partial charge in [0, 0.05) is 37.7 Å². The number of carbonyl (C=O) groups excluding carboxylic acids is 2. The largest absolute Gasteiger partial charge is 0.356 e. The predicted octanol–water partition coefficient (Wildman–Crippen LogP) is 2.73. The van der Waals surface area contributed by atoms with Crippen LogP contribution in [0.25, 0.3) is 0 Å². The number of hydrogen-bond donors (Lipinski definition) is 2. The molecule has 0 unspecified atom stereocenters. The minimum Gasteiger partial charge on any atom is -0.356 e. The summed E-state index contributed by atoms with van der Waals surface area (Å²) in [7, 11) is 0. The van der Waals surface area contributed by atoms with Crippen LogP contribution in [0.5, 0.6) is 0 Å². The van der Waals surface area contributed by atoms with Crippen molar-refractivity contribution in [2.75, 3.05) is 19.6 Å². The molecular weight excluding hydrogens is 338 g/mol. The van der Waals surface area contributed by atoms with Gasteiger partial charge in [0.05, 0.1) is 0 Å². The Morgan fingerprint density at radius 2 is 1.80 bits per heavy atom. The van der Waals surface area contributed by atoms with Crippen molar-refractivity contribution < 1.29 is 9.59 Å². The van der Waals surface area contributed by atoms with Crippen LogP contribution in [0, 0.1) is 5.92 Å². The highest BCUT2D eigenvalue weighted by Gasteiger charge is 2.27. The maximum atomic E-state index is 12.5. The molecule has 1 aromatic rings. The average molecular weight is 368 g/mol. The van der Waals surface area contributed by atoms with E-state index in [1.807, 2.05) is 29.2 Å². The minimum atomic E-state index is 0. The third-order valence-corrected chi connectivity index (χ3v) is 4.67. The quantitative estimate of drug-likeness (QED) is 0.727. The monoisotopic (exact) mass is 367 g/mol. The second kappa shape index (κ2) is 11.1. The van der Waals surface area contributed by atoms with Crippen molar-refractivity contribution in [1.29, 1.82) is 0 Å². The Labute approximate surface area is 156 Å². The van der Waals surface area contributed by atoms with Gasteiger partial charge in [-0.1, -0.05) is 31.9 Å². The first-order valence-electron chi connectivity index (χ1n) is 9.01. The fraction of sp³-hybridized carbons (Fsp3) is 0.579. The van der Waals surface area contributed by atoms with Gasteiger partial charge in [0.15, 0.2) is 0 Å². The molecule has 1 aromatic carbocycles. The number of amides is 2. The van der Waals surface area contributed by atoms with E-state index >= 15 is 0 Å². The Kier molecular flexibility index (Phi) is 9.53. The van der Waals surface area contributed by atoms with Crippen molar-refractivity contribution in [3.05, 3.63) is 35.4 Å². The van der Waals surface area contributed by atoms with Crippen LogP contribution in [0.1, 0.15) is 54.9 Å². The molecular formula is C19H30ClN3O2. The first-order chi connectivity index (χ1) is 11.7. The SMILES string of the molecule is CCCCCNC(=O)C1CCN(C(=O)c2ccc(CN)cc2)CC1.Cl. The standard InChI is InChI=1S/C19H29N3O2.ClH/c1-2-3-4-11-21-18(23)16-9-12-22(13-10-16)19(24)17-7-5-15(14-20)6-8-17;/h5-8,16H,2-4,9-14,20H2,1H3,(H,21,23);1H. The smallest absolute Gasteiger partial charge is 0.253 e. The summed E-state index contributed by atoms with van der Waals surface area (Å²) in [6.45, 7) is 4.68. The Morgan fingerprint density at radius 1 is 1.16 bits per heavy atom. The molecule has 1 aliphatic heterocycles. The number of halogens is 1. The van der Waals surface area contributed by atoms with Gasteiger partial charge in [-0.05, 0) is 37.0 Å². The number of nitrogens with one attached hydrogen (secondary N) is 1. The number of nitrogens with zero attached hydrogens (tertiary/aromatic N) is 1. The molecule has 1 heterocycles. The third kappa shape index (κ3) is 6.33. The topological polar surface area (TPSA) is 75.4 Å². The van der Waals surface area contributed by atoms with E-state index in [2.05, 4.69) is 12.2 Å². The lowest BCUT2D eigenvalue weighted by atomic mass is 9.95. The number of carbonyl (C=O) groups is 2. The molecule has 0 saturated carbocycles. The summed E-state index contributed by atoms with van der Waals surface area (Å²) in [6.07, 6.45) is 4.83. The van der Waals surface area contributed by atoms with Gasteiger partial charge in [0.2, 0.25) is 5.91 Å². The van der Waals surface area contributed by atoms with Crippen LogP contribution in [0.15, 0.2) is 24.3 Å². The van der Waals surface area contributed by atoms with E-state index in [1.165, 1.54) is 0 Å². The lowest BCUT2D eigenvalue weighted by Gasteiger charge is -2.31. The number of rotatable bonds is 7. The zero-order valence-corrected chi connectivity index (χ0v) is 15.8. The summed E-state index contributed by atoms with van der Waals surface area (Å²) in [5.41, 5.74) is 7.29. The molecule has 0 spiro atoms. The maximum absolute atomic E-state index is 12.5. The molecule has 2 rings (SSSR count). The predicted molar refractivity (Wildman–Crippen MR) is 103 cm³/mol. The highest BCUT2D eigenvalue weighted by molar-refractivity contribution is 5.94. The molecule has 0 atom stereocenters. The van der Waals surface area contributed by atoms with Gasteiger partial charge in [-0.15, -0.1) is 12.4 Å². The number of piperidine rings is 1. The van der Waals surface area contributed by atoms with Gasteiger partial charge >= 0.3 is 0 Å². The van der Waals surface area contributed by atoms with Crippen LogP contribution in [0.3, 0.4) is 0 Å². The summed E-state index contributed by atoms with van der Waals surface area (Å²) in [5.74, 6) is 0.223. The molecule has 25 heavy (non-hydrogen) atoms. The van der Waals surface area contributed by atoms with Crippen molar-refractivity contribution in [3.8, 4) is 0 Å². The van der Waals surface area contributed by atoms with E-state index in [9.17, 15) is 9.59 Å². The van der Waals surface area contributed by atoms with Crippen LogP contribution >= 0.6 is 12.4 Å².